The normalized spacial score (nSPS) is 22.5. The highest BCUT2D eigenvalue weighted by Crippen LogP contribution is 2.25. The summed E-state index contributed by atoms with van der Waals surface area (Å²) >= 11 is 0. The Hall–Kier alpha value is -1.69. The van der Waals surface area contributed by atoms with Gasteiger partial charge in [-0.05, 0) is 6.42 Å². The first kappa shape index (κ1) is 9.35. The number of H-pyrrole nitrogens is 1. The van der Waals surface area contributed by atoms with E-state index in [-0.39, 0.29) is 6.04 Å². The van der Waals surface area contributed by atoms with Crippen molar-refractivity contribution in [3.05, 3.63) is 29.4 Å². The molecule has 2 aliphatic rings. The van der Waals surface area contributed by atoms with Gasteiger partial charge < -0.3 is 14.9 Å². The Morgan fingerprint density at radius 3 is 3.35 bits per heavy atom. The summed E-state index contributed by atoms with van der Waals surface area (Å²) in [4.78, 5) is 7.52. The Kier molecular flexibility index (Phi) is 1.87. The van der Waals surface area contributed by atoms with Gasteiger partial charge in [0.1, 0.15) is 5.82 Å². The number of imidazole rings is 1. The van der Waals surface area contributed by atoms with Gasteiger partial charge in [-0.25, -0.2) is 4.98 Å². The van der Waals surface area contributed by atoms with E-state index in [9.17, 15) is 0 Å². The number of hydrogen-bond donors (Lipinski definition) is 2. The van der Waals surface area contributed by atoms with E-state index >= 15 is 0 Å². The molecule has 0 saturated heterocycles. The SMILES string of the molecule is c1nc2c([nH]1)CNC(c1nnc3n1CCC3)C2. The Bertz CT molecular complexity index is 554. The molecule has 6 heteroatoms. The zero-order chi connectivity index (χ0) is 11.2. The van der Waals surface area contributed by atoms with Crippen molar-refractivity contribution in [1.29, 1.82) is 0 Å². The van der Waals surface area contributed by atoms with Gasteiger partial charge in [-0.2, -0.15) is 0 Å². The van der Waals surface area contributed by atoms with Crippen LogP contribution >= 0.6 is 0 Å². The van der Waals surface area contributed by atoms with Gasteiger partial charge in [0.15, 0.2) is 5.82 Å². The molecule has 2 N–H and O–H groups in total. The van der Waals surface area contributed by atoms with Crippen molar-refractivity contribution < 1.29 is 0 Å². The second-order valence-corrected chi connectivity index (χ2v) is 4.70. The molecular formula is C11H14N6. The molecule has 4 rings (SSSR count). The molecule has 17 heavy (non-hydrogen) atoms. The molecule has 0 spiro atoms. The third-order valence-electron chi connectivity index (χ3n) is 3.68. The largest absolute Gasteiger partial charge is 0.347 e. The van der Waals surface area contributed by atoms with E-state index in [1.54, 1.807) is 6.33 Å². The van der Waals surface area contributed by atoms with Crippen molar-refractivity contribution in [2.24, 2.45) is 0 Å². The van der Waals surface area contributed by atoms with E-state index in [2.05, 4.69) is 30.0 Å². The number of rotatable bonds is 1. The monoisotopic (exact) mass is 230 g/mol. The lowest BCUT2D eigenvalue weighted by molar-refractivity contribution is 0.449. The molecule has 6 nitrogen and oxygen atoms in total. The number of hydrogen-bond acceptors (Lipinski definition) is 4. The molecule has 1 atom stereocenters. The molecule has 1 unspecified atom stereocenters. The van der Waals surface area contributed by atoms with Crippen LogP contribution in [0.2, 0.25) is 0 Å². The van der Waals surface area contributed by atoms with E-state index in [1.807, 2.05) is 0 Å². The maximum absolute atomic E-state index is 4.36. The van der Waals surface area contributed by atoms with Crippen molar-refractivity contribution >= 4 is 0 Å². The topological polar surface area (TPSA) is 71.4 Å². The lowest BCUT2D eigenvalue weighted by Crippen LogP contribution is -2.30. The van der Waals surface area contributed by atoms with Crippen LogP contribution in [0.25, 0.3) is 0 Å². The van der Waals surface area contributed by atoms with Crippen LogP contribution in [0.5, 0.6) is 0 Å². The molecule has 4 heterocycles. The lowest BCUT2D eigenvalue weighted by Gasteiger charge is -2.22. The summed E-state index contributed by atoms with van der Waals surface area (Å²) in [6.45, 7) is 1.89. The minimum atomic E-state index is 0.255. The molecule has 0 radical (unpaired) electrons. The van der Waals surface area contributed by atoms with Crippen molar-refractivity contribution in [3.63, 3.8) is 0 Å². The highest BCUT2D eigenvalue weighted by Gasteiger charge is 2.28. The summed E-state index contributed by atoms with van der Waals surface area (Å²) in [6, 6.07) is 0.255. The fraction of sp³-hybridized carbons (Fsp3) is 0.545. The Morgan fingerprint density at radius 2 is 2.35 bits per heavy atom. The summed E-state index contributed by atoms with van der Waals surface area (Å²) < 4.78 is 2.26. The molecule has 2 aliphatic heterocycles. The molecular weight excluding hydrogens is 216 g/mol. The molecule has 88 valence electrons. The van der Waals surface area contributed by atoms with Crippen molar-refractivity contribution in [2.75, 3.05) is 0 Å². The fourth-order valence-electron chi connectivity index (χ4n) is 2.78. The molecule has 2 aromatic rings. The molecule has 2 aromatic heterocycles. The molecule has 0 saturated carbocycles. The minimum absolute atomic E-state index is 0.255. The number of aromatic amines is 1. The van der Waals surface area contributed by atoms with Crippen molar-refractivity contribution in [1.82, 2.24) is 30.0 Å². The summed E-state index contributed by atoms with van der Waals surface area (Å²) in [5, 5.41) is 12.1. The van der Waals surface area contributed by atoms with Gasteiger partial charge >= 0.3 is 0 Å². The van der Waals surface area contributed by atoms with Gasteiger partial charge in [0.2, 0.25) is 0 Å². The summed E-state index contributed by atoms with van der Waals surface area (Å²) in [5.41, 5.74) is 2.35. The van der Waals surface area contributed by atoms with Crippen LogP contribution in [-0.4, -0.2) is 24.7 Å². The first-order valence-corrected chi connectivity index (χ1v) is 6.08. The van der Waals surface area contributed by atoms with Gasteiger partial charge in [0.05, 0.1) is 23.8 Å². The second-order valence-electron chi connectivity index (χ2n) is 4.70. The number of aromatic nitrogens is 5. The van der Waals surface area contributed by atoms with E-state index in [0.29, 0.717) is 0 Å². The molecule has 0 amide bonds. The van der Waals surface area contributed by atoms with Crippen LogP contribution in [-0.2, 0) is 25.9 Å². The van der Waals surface area contributed by atoms with Gasteiger partial charge in [-0.3, -0.25) is 0 Å². The van der Waals surface area contributed by atoms with Crippen LogP contribution in [0, 0.1) is 0 Å². The molecule has 0 bridgehead atoms. The van der Waals surface area contributed by atoms with E-state index in [0.717, 1.165) is 43.3 Å². The lowest BCUT2D eigenvalue weighted by atomic mass is 10.0. The number of aryl methyl sites for hydroxylation is 1. The van der Waals surface area contributed by atoms with Crippen LogP contribution in [0.15, 0.2) is 6.33 Å². The smallest absolute Gasteiger partial charge is 0.150 e. The fourth-order valence-corrected chi connectivity index (χ4v) is 2.78. The van der Waals surface area contributed by atoms with Gasteiger partial charge in [0.25, 0.3) is 0 Å². The number of nitrogens with one attached hydrogen (secondary N) is 2. The molecule has 0 fully saturated rings. The predicted octanol–water partition coefficient (Wildman–Crippen LogP) is 0.334. The third-order valence-corrected chi connectivity index (χ3v) is 3.68. The Labute approximate surface area is 98.5 Å². The maximum Gasteiger partial charge on any atom is 0.150 e. The number of nitrogens with zero attached hydrogens (tertiary/aromatic N) is 4. The van der Waals surface area contributed by atoms with Crippen LogP contribution < -0.4 is 5.32 Å². The third kappa shape index (κ3) is 1.33. The first-order chi connectivity index (χ1) is 8.42. The Morgan fingerprint density at radius 1 is 1.35 bits per heavy atom. The van der Waals surface area contributed by atoms with Crippen LogP contribution in [0.4, 0.5) is 0 Å². The molecule has 0 aliphatic carbocycles. The van der Waals surface area contributed by atoms with Gasteiger partial charge in [-0.15, -0.1) is 10.2 Å². The highest BCUT2D eigenvalue weighted by molar-refractivity contribution is 5.19. The molecule has 0 aromatic carbocycles. The summed E-state index contributed by atoms with van der Waals surface area (Å²) in [6.07, 6.45) is 4.92. The zero-order valence-corrected chi connectivity index (χ0v) is 9.48. The van der Waals surface area contributed by atoms with Crippen molar-refractivity contribution in [2.45, 2.75) is 38.4 Å². The second kappa shape index (κ2) is 3.40. The Balaban J connectivity index is 1.68. The van der Waals surface area contributed by atoms with Gasteiger partial charge in [0, 0.05) is 25.9 Å². The predicted molar refractivity (Wildman–Crippen MR) is 60.2 cm³/mol. The highest BCUT2D eigenvalue weighted by atomic mass is 15.3. The summed E-state index contributed by atoms with van der Waals surface area (Å²) in [5.74, 6) is 2.21. The number of fused-ring (bicyclic) bond motifs is 2. The van der Waals surface area contributed by atoms with Gasteiger partial charge in [-0.1, -0.05) is 0 Å². The van der Waals surface area contributed by atoms with Crippen LogP contribution in [0.1, 0.15) is 35.5 Å². The zero-order valence-electron chi connectivity index (χ0n) is 9.48. The van der Waals surface area contributed by atoms with Crippen LogP contribution in [0.3, 0.4) is 0 Å². The standard InChI is InChI=1S/C11H14N6/c1-2-10-15-16-11(17(10)3-1)8-4-7-9(5-12-8)14-6-13-7/h6,8,12H,1-5H2,(H,13,14). The van der Waals surface area contributed by atoms with E-state index < -0.39 is 0 Å². The van der Waals surface area contributed by atoms with E-state index in [1.165, 1.54) is 12.1 Å². The maximum atomic E-state index is 4.36. The summed E-state index contributed by atoms with van der Waals surface area (Å²) in [7, 11) is 0. The quantitative estimate of drug-likeness (QED) is 0.740. The average Bonchev–Trinajstić information content (AvgIpc) is 3.03. The average molecular weight is 230 g/mol. The van der Waals surface area contributed by atoms with E-state index in [4.69, 9.17) is 0 Å². The first-order valence-electron chi connectivity index (χ1n) is 6.08. The van der Waals surface area contributed by atoms with Crippen molar-refractivity contribution in [3.8, 4) is 0 Å². The minimum Gasteiger partial charge on any atom is -0.347 e.